The normalized spacial score (nSPS) is 18.0. The summed E-state index contributed by atoms with van der Waals surface area (Å²) in [5.74, 6) is -1.65. The smallest absolute Gasteiger partial charge is 0.257 e. The monoisotopic (exact) mass is 306 g/mol. The van der Waals surface area contributed by atoms with Gasteiger partial charge >= 0.3 is 0 Å². The molecule has 1 aromatic heterocycles. The van der Waals surface area contributed by atoms with Gasteiger partial charge in [0.2, 0.25) is 0 Å². The van der Waals surface area contributed by atoms with E-state index in [1.165, 1.54) is 10.7 Å². The summed E-state index contributed by atoms with van der Waals surface area (Å²) in [5.41, 5.74) is 6.43. The molecule has 1 saturated heterocycles. The van der Waals surface area contributed by atoms with Gasteiger partial charge in [0.25, 0.3) is 5.91 Å². The second-order valence-corrected chi connectivity index (χ2v) is 5.49. The van der Waals surface area contributed by atoms with Crippen LogP contribution in [0.15, 0.2) is 24.4 Å². The van der Waals surface area contributed by atoms with Crippen molar-refractivity contribution in [3.63, 3.8) is 0 Å². The molecule has 2 heterocycles. The fourth-order valence-corrected chi connectivity index (χ4v) is 2.67. The summed E-state index contributed by atoms with van der Waals surface area (Å²) in [7, 11) is 1.65. The number of aromatic nitrogens is 2. The number of nitrogens with two attached hydrogens (primary N) is 1. The van der Waals surface area contributed by atoms with Gasteiger partial charge in [-0.05, 0) is 18.6 Å². The Balaban J connectivity index is 2.01. The van der Waals surface area contributed by atoms with Crippen LogP contribution in [-0.2, 0) is 7.05 Å². The Hall–Kier alpha value is -2.28. The molecule has 2 aromatic rings. The van der Waals surface area contributed by atoms with E-state index in [0.29, 0.717) is 18.7 Å². The Labute approximate surface area is 126 Å². The highest BCUT2D eigenvalue weighted by molar-refractivity contribution is 6.00. The summed E-state index contributed by atoms with van der Waals surface area (Å²) >= 11 is 0. The fourth-order valence-electron chi connectivity index (χ4n) is 2.67. The zero-order chi connectivity index (χ0) is 15.9. The van der Waals surface area contributed by atoms with Crippen molar-refractivity contribution in [1.29, 1.82) is 0 Å². The molecule has 1 aliphatic heterocycles. The first-order chi connectivity index (χ1) is 10.5. The van der Waals surface area contributed by atoms with Crippen LogP contribution in [0.2, 0.25) is 0 Å². The maximum absolute atomic E-state index is 14.0. The number of halogens is 2. The number of carbonyl (C=O) groups is 1. The first-order valence-corrected chi connectivity index (χ1v) is 6.99. The molecule has 0 bridgehead atoms. The van der Waals surface area contributed by atoms with Crippen LogP contribution >= 0.6 is 0 Å². The molecule has 0 saturated carbocycles. The van der Waals surface area contributed by atoms with Crippen molar-refractivity contribution in [2.24, 2.45) is 12.8 Å². The predicted molar refractivity (Wildman–Crippen MR) is 77.1 cm³/mol. The first kappa shape index (κ1) is 14.6. The summed E-state index contributed by atoms with van der Waals surface area (Å²) in [4.78, 5) is 14.2. The number of rotatable bonds is 2. The number of benzene rings is 1. The minimum Gasteiger partial charge on any atom is -0.337 e. The number of likely N-dealkylation sites (tertiary alicyclic amines) is 1. The number of nitrogens with zero attached hydrogens (tertiary/aromatic N) is 3. The van der Waals surface area contributed by atoms with Gasteiger partial charge in [-0.2, -0.15) is 5.10 Å². The van der Waals surface area contributed by atoms with Crippen LogP contribution in [-0.4, -0.2) is 39.7 Å². The molecule has 116 valence electrons. The van der Waals surface area contributed by atoms with Gasteiger partial charge in [-0.1, -0.05) is 0 Å². The zero-order valence-electron chi connectivity index (χ0n) is 12.1. The second kappa shape index (κ2) is 5.49. The summed E-state index contributed by atoms with van der Waals surface area (Å²) < 4.78 is 28.5. The minimum absolute atomic E-state index is 0.0355. The molecule has 1 aliphatic rings. The van der Waals surface area contributed by atoms with Crippen LogP contribution in [0.25, 0.3) is 11.3 Å². The number of aryl methyl sites for hydroxylation is 1. The van der Waals surface area contributed by atoms with Crippen molar-refractivity contribution >= 4 is 5.91 Å². The Bertz CT molecular complexity index is 728. The van der Waals surface area contributed by atoms with Crippen LogP contribution < -0.4 is 5.73 Å². The molecular weight excluding hydrogens is 290 g/mol. The third-order valence-corrected chi connectivity index (χ3v) is 3.76. The number of hydrogen-bond donors (Lipinski definition) is 1. The third kappa shape index (κ3) is 2.59. The van der Waals surface area contributed by atoms with Crippen LogP contribution in [0.5, 0.6) is 0 Å². The van der Waals surface area contributed by atoms with Gasteiger partial charge in [0.1, 0.15) is 17.3 Å². The highest BCUT2D eigenvalue weighted by Gasteiger charge is 2.28. The Morgan fingerprint density at radius 1 is 1.41 bits per heavy atom. The molecule has 0 radical (unpaired) electrons. The van der Waals surface area contributed by atoms with Crippen LogP contribution in [0, 0.1) is 11.6 Å². The van der Waals surface area contributed by atoms with E-state index >= 15 is 0 Å². The maximum Gasteiger partial charge on any atom is 0.257 e. The average molecular weight is 306 g/mol. The molecule has 7 heteroatoms. The van der Waals surface area contributed by atoms with Gasteiger partial charge in [0.15, 0.2) is 0 Å². The Kier molecular flexibility index (Phi) is 3.66. The predicted octanol–water partition coefficient (Wildman–Crippen LogP) is 1.54. The van der Waals surface area contributed by atoms with Gasteiger partial charge in [-0.25, -0.2) is 8.78 Å². The van der Waals surface area contributed by atoms with Crippen LogP contribution in [0.1, 0.15) is 16.8 Å². The average Bonchev–Trinajstić information content (AvgIpc) is 3.04. The molecule has 22 heavy (non-hydrogen) atoms. The van der Waals surface area contributed by atoms with E-state index in [-0.39, 0.29) is 23.2 Å². The molecule has 1 fully saturated rings. The van der Waals surface area contributed by atoms with Gasteiger partial charge in [-0.15, -0.1) is 0 Å². The van der Waals surface area contributed by atoms with E-state index in [9.17, 15) is 13.6 Å². The van der Waals surface area contributed by atoms with Crippen molar-refractivity contribution in [3.8, 4) is 11.3 Å². The van der Waals surface area contributed by atoms with E-state index in [2.05, 4.69) is 5.10 Å². The lowest BCUT2D eigenvalue weighted by Gasteiger charge is -2.15. The summed E-state index contributed by atoms with van der Waals surface area (Å²) in [6.45, 7) is 1.04. The van der Waals surface area contributed by atoms with Gasteiger partial charge in [-0.3, -0.25) is 9.48 Å². The summed E-state index contributed by atoms with van der Waals surface area (Å²) in [6, 6.07) is 3.18. The van der Waals surface area contributed by atoms with E-state index in [4.69, 9.17) is 5.73 Å². The molecule has 2 N–H and O–H groups in total. The lowest BCUT2D eigenvalue weighted by atomic mass is 10.1. The van der Waals surface area contributed by atoms with Crippen LogP contribution in [0.3, 0.4) is 0 Å². The highest BCUT2D eigenvalue weighted by Crippen LogP contribution is 2.27. The highest BCUT2D eigenvalue weighted by atomic mass is 19.1. The van der Waals surface area contributed by atoms with Gasteiger partial charge in [0, 0.05) is 44.0 Å². The third-order valence-electron chi connectivity index (χ3n) is 3.76. The van der Waals surface area contributed by atoms with Gasteiger partial charge < -0.3 is 10.6 Å². The second-order valence-electron chi connectivity index (χ2n) is 5.49. The quantitative estimate of drug-likeness (QED) is 0.915. The molecule has 1 aromatic carbocycles. The number of amides is 1. The van der Waals surface area contributed by atoms with Gasteiger partial charge in [0.05, 0.1) is 5.56 Å². The van der Waals surface area contributed by atoms with Crippen molar-refractivity contribution in [3.05, 3.63) is 41.6 Å². The summed E-state index contributed by atoms with van der Waals surface area (Å²) in [6.07, 6.45) is 2.29. The lowest BCUT2D eigenvalue weighted by molar-refractivity contribution is 0.0791. The van der Waals surface area contributed by atoms with E-state index in [0.717, 1.165) is 18.6 Å². The Morgan fingerprint density at radius 3 is 2.82 bits per heavy atom. The van der Waals surface area contributed by atoms with Crippen LogP contribution in [0.4, 0.5) is 8.78 Å². The molecule has 0 aliphatic carbocycles. The van der Waals surface area contributed by atoms with Crippen molar-refractivity contribution < 1.29 is 13.6 Å². The molecule has 5 nitrogen and oxygen atoms in total. The number of hydrogen-bond acceptors (Lipinski definition) is 3. The van der Waals surface area contributed by atoms with E-state index in [1.807, 2.05) is 0 Å². The SMILES string of the molecule is Cn1cc(C(=O)N2CC[C@H](N)C2)c(-c2ccc(F)cc2F)n1. The molecule has 1 amide bonds. The Morgan fingerprint density at radius 2 is 2.18 bits per heavy atom. The van der Waals surface area contributed by atoms with Crippen molar-refractivity contribution in [1.82, 2.24) is 14.7 Å². The topological polar surface area (TPSA) is 64.2 Å². The largest absolute Gasteiger partial charge is 0.337 e. The molecule has 0 unspecified atom stereocenters. The summed E-state index contributed by atoms with van der Waals surface area (Å²) in [5, 5.41) is 4.16. The molecule has 3 rings (SSSR count). The maximum atomic E-state index is 14.0. The first-order valence-electron chi connectivity index (χ1n) is 6.99. The minimum atomic E-state index is -0.745. The van der Waals surface area contributed by atoms with Crippen molar-refractivity contribution in [2.45, 2.75) is 12.5 Å². The molecule has 1 atom stereocenters. The standard InChI is InChI=1S/C15H16F2N4O/c1-20-8-12(15(22)21-5-4-10(18)7-21)14(19-20)11-3-2-9(16)6-13(11)17/h2-3,6,8,10H,4-5,7,18H2,1H3/t10-/m0/s1. The number of carbonyl (C=O) groups excluding carboxylic acids is 1. The zero-order valence-corrected chi connectivity index (χ0v) is 12.1. The van der Waals surface area contributed by atoms with E-state index in [1.54, 1.807) is 18.1 Å². The lowest BCUT2D eigenvalue weighted by Crippen LogP contribution is -2.32. The fraction of sp³-hybridized carbons (Fsp3) is 0.333. The molecular formula is C15H16F2N4O. The van der Waals surface area contributed by atoms with Crippen molar-refractivity contribution in [2.75, 3.05) is 13.1 Å². The molecule has 0 spiro atoms. The van der Waals surface area contributed by atoms with E-state index < -0.39 is 11.6 Å².